The minimum absolute atomic E-state index is 0.0141. The molecule has 0 aromatic heterocycles. The number of carbonyl (C=O) groups is 3. The van der Waals surface area contributed by atoms with Crippen LogP contribution in [0.3, 0.4) is 0 Å². The zero-order valence-electron chi connectivity index (χ0n) is 12.7. The number of hydrogen-bond acceptors (Lipinski definition) is 6. The Balaban J connectivity index is 1.55. The van der Waals surface area contributed by atoms with Gasteiger partial charge in [-0.25, -0.2) is 18.2 Å². The molecule has 10 heteroatoms. The lowest BCUT2D eigenvalue weighted by atomic mass is 10.0. The minimum atomic E-state index is -3.14. The summed E-state index contributed by atoms with van der Waals surface area (Å²) < 4.78 is 22.8. The molecule has 24 heavy (non-hydrogen) atoms. The summed E-state index contributed by atoms with van der Waals surface area (Å²) in [6.07, 6.45) is 4.98. The van der Waals surface area contributed by atoms with E-state index >= 15 is 0 Å². The van der Waals surface area contributed by atoms with Gasteiger partial charge in [-0.15, -0.1) is 0 Å². The van der Waals surface area contributed by atoms with E-state index in [9.17, 15) is 22.8 Å². The predicted molar refractivity (Wildman–Crippen MR) is 85.4 cm³/mol. The number of aliphatic imine (C=N–C) groups is 2. The van der Waals surface area contributed by atoms with Gasteiger partial charge in [-0.05, 0) is 12.5 Å². The summed E-state index contributed by atoms with van der Waals surface area (Å²) in [5, 5.41) is 2.58. The van der Waals surface area contributed by atoms with Crippen molar-refractivity contribution in [3.05, 3.63) is 12.2 Å². The van der Waals surface area contributed by atoms with Crippen LogP contribution in [0.5, 0.6) is 0 Å². The summed E-state index contributed by atoms with van der Waals surface area (Å²) in [5.41, 5.74) is 0. The highest BCUT2D eigenvalue weighted by Crippen LogP contribution is 2.19. The van der Waals surface area contributed by atoms with Gasteiger partial charge in [-0.2, -0.15) is 4.99 Å². The minimum Gasteiger partial charge on any atom is -0.354 e. The first-order valence-corrected chi connectivity index (χ1v) is 9.32. The van der Waals surface area contributed by atoms with E-state index in [1.807, 2.05) is 0 Å². The Labute approximate surface area is 138 Å². The molecule has 1 saturated heterocycles. The number of nitrogens with zero attached hydrogens (tertiary/aromatic N) is 3. The second-order valence-electron chi connectivity index (χ2n) is 5.77. The van der Waals surface area contributed by atoms with Crippen molar-refractivity contribution in [2.75, 3.05) is 24.6 Å². The maximum Gasteiger partial charge on any atom is 0.352 e. The monoisotopic (exact) mass is 352 g/mol. The molecule has 3 rings (SSSR count). The quantitative estimate of drug-likeness (QED) is 0.706. The second kappa shape index (κ2) is 6.27. The Kier molecular flexibility index (Phi) is 4.31. The van der Waals surface area contributed by atoms with Gasteiger partial charge in [0.15, 0.2) is 9.84 Å². The summed E-state index contributed by atoms with van der Waals surface area (Å²) in [6, 6.07) is -0.712. The van der Waals surface area contributed by atoms with Crippen LogP contribution in [0.15, 0.2) is 22.1 Å². The maximum atomic E-state index is 12.3. The molecule has 1 fully saturated rings. The Bertz CT molecular complexity index is 783. The first kappa shape index (κ1) is 16.5. The number of dihydropyridines is 1. The summed E-state index contributed by atoms with van der Waals surface area (Å²) in [6.45, 7) is 0.0329. The van der Waals surface area contributed by atoms with Gasteiger partial charge in [-0.3, -0.25) is 14.5 Å². The number of sulfone groups is 1. The van der Waals surface area contributed by atoms with Gasteiger partial charge in [0.25, 0.3) is 0 Å². The van der Waals surface area contributed by atoms with E-state index in [1.54, 1.807) is 12.2 Å². The topological polar surface area (TPSA) is 125 Å². The van der Waals surface area contributed by atoms with Crippen LogP contribution in [-0.4, -0.2) is 67.8 Å². The molecule has 3 aliphatic rings. The average molecular weight is 352 g/mol. The number of nitrogens with one attached hydrogen (secondary N) is 1. The lowest BCUT2D eigenvalue weighted by Gasteiger charge is -2.27. The van der Waals surface area contributed by atoms with E-state index in [2.05, 4.69) is 15.3 Å². The standard InChI is InChI=1S/C14H16N4O5S/c19-12(9-3-7-24(22,23)8-9)16-5-6-18-13(20)10-2-1-4-15-11(10)17-14(18)21/h1-2,4,9-10H,3,5-8H2,(H,16,19). The number of allylic oxidation sites excluding steroid dienone is 1. The van der Waals surface area contributed by atoms with Gasteiger partial charge in [0.2, 0.25) is 11.8 Å². The van der Waals surface area contributed by atoms with Crippen molar-refractivity contribution in [2.24, 2.45) is 21.8 Å². The van der Waals surface area contributed by atoms with Crippen molar-refractivity contribution < 1.29 is 22.8 Å². The maximum absolute atomic E-state index is 12.3. The van der Waals surface area contributed by atoms with Crippen LogP contribution in [0.25, 0.3) is 0 Å². The van der Waals surface area contributed by atoms with Crippen LogP contribution in [0.4, 0.5) is 4.79 Å². The first-order chi connectivity index (χ1) is 11.4. The van der Waals surface area contributed by atoms with Crippen LogP contribution in [0.2, 0.25) is 0 Å². The molecule has 0 aromatic carbocycles. The van der Waals surface area contributed by atoms with Gasteiger partial charge in [0, 0.05) is 19.3 Å². The zero-order chi connectivity index (χ0) is 17.3. The SMILES string of the molecule is O=C(NCCN1C(=O)N=C2N=CC=CC2C1=O)C1CCS(=O)(=O)C1. The predicted octanol–water partition coefficient (Wildman–Crippen LogP) is -0.845. The Morgan fingerprint density at radius 2 is 2.17 bits per heavy atom. The van der Waals surface area contributed by atoms with Crippen LogP contribution in [0.1, 0.15) is 6.42 Å². The zero-order valence-corrected chi connectivity index (χ0v) is 13.5. The smallest absolute Gasteiger partial charge is 0.352 e. The van der Waals surface area contributed by atoms with E-state index in [0.717, 1.165) is 4.90 Å². The normalized spacial score (nSPS) is 27.8. The number of amides is 4. The van der Waals surface area contributed by atoms with Gasteiger partial charge in [-0.1, -0.05) is 6.08 Å². The fourth-order valence-corrected chi connectivity index (χ4v) is 4.54. The van der Waals surface area contributed by atoms with E-state index in [1.165, 1.54) is 6.21 Å². The molecule has 0 spiro atoms. The third kappa shape index (κ3) is 3.28. The second-order valence-corrected chi connectivity index (χ2v) is 8.00. The third-order valence-corrected chi connectivity index (χ3v) is 5.85. The van der Waals surface area contributed by atoms with Gasteiger partial charge in [0.1, 0.15) is 11.8 Å². The van der Waals surface area contributed by atoms with Crippen molar-refractivity contribution in [2.45, 2.75) is 6.42 Å². The molecule has 0 saturated carbocycles. The van der Waals surface area contributed by atoms with Crippen LogP contribution < -0.4 is 5.32 Å². The lowest BCUT2D eigenvalue weighted by molar-refractivity contribution is -0.130. The Morgan fingerprint density at radius 1 is 1.38 bits per heavy atom. The first-order valence-electron chi connectivity index (χ1n) is 7.50. The highest BCUT2D eigenvalue weighted by atomic mass is 32.2. The molecular formula is C14H16N4O5S. The van der Waals surface area contributed by atoms with E-state index < -0.39 is 33.6 Å². The summed E-state index contributed by atoms with van der Waals surface area (Å²) in [5.74, 6) is -2.02. The molecule has 0 aromatic rings. The number of imide groups is 1. The summed E-state index contributed by atoms with van der Waals surface area (Å²) in [7, 11) is -3.14. The number of hydrogen-bond donors (Lipinski definition) is 1. The van der Waals surface area contributed by atoms with Crippen molar-refractivity contribution in [1.29, 1.82) is 0 Å². The summed E-state index contributed by atoms with van der Waals surface area (Å²) in [4.78, 5) is 44.8. The fraction of sp³-hybridized carbons (Fsp3) is 0.500. The fourth-order valence-electron chi connectivity index (χ4n) is 2.80. The van der Waals surface area contributed by atoms with Crippen LogP contribution in [0, 0.1) is 11.8 Å². The largest absolute Gasteiger partial charge is 0.354 e. The highest BCUT2D eigenvalue weighted by Gasteiger charge is 2.37. The molecule has 2 unspecified atom stereocenters. The van der Waals surface area contributed by atoms with E-state index in [-0.39, 0.29) is 36.3 Å². The molecule has 3 aliphatic heterocycles. The molecule has 3 heterocycles. The molecule has 2 atom stereocenters. The van der Waals surface area contributed by atoms with Crippen LogP contribution >= 0.6 is 0 Å². The van der Waals surface area contributed by atoms with Gasteiger partial charge < -0.3 is 5.32 Å². The van der Waals surface area contributed by atoms with Crippen molar-refractivity contribution in [3.8, 4) is 0 Å². The number of fused-ring (bicyclic) bond motifs is 1. The van der Waals surface area contributed by atoms with Crippen molar-refractivity contribution in [3.63, 3.8) is 0 Å². The third-order valence-electron chi connectivity index (χ3n) is 4.09. The number of carbonyl (C=O) groups excluding carboxylic acids is 3. The average Bonchev–Trinajstić information content (AvgIpc) is 2.90. The molecule has 4 amide bonds. The molecule has 1 N–H and O–H groups in total. The highest BCUT2D eigenvalue weighted by molar-refractivity contribution is 7.91. The number of urea groups is 1. The van der Waals surface area contributed by atoms with Crippen molar-refractivity contribution in [1.82, 2.24) is 10.2 Å². The number of rotatable bonds is 4. The van der Waals surface area contributed by atoms with Crippen molar-refractivity contribution >= 4 is 39.7 Å². The molecule has 128 valence electrons. The Morgan fingerprint density at radius 3 is 2.88 bits per heavy atom. The van der Waals surface area contributed by atoms with E-state index in [4.69, 9.17) is 0 Å². The molecule has 0 radical (unpaired) electrons. The molecule has 9 nitrogen and oxygen atoms in total. The lowest BCUT2D eigenvalue weighted by Crippen LogP contribution is -2.49. The molecule has 0 bridgehead atoms. The van der Waals surface area contributed by atoms with Gasteiger partial charge >= 0.3 is 6.03 Å². The van der Waals surface area contributed by atoms with Crippen LogP contribution in [-0.2, 0) is 19.4 Å². The summed E-state index contributed by atoms with van der Waals surface area (Å²) >= 11 is 0. The number of amidine groups is 1. The van der Waals surface area contributed by atoms with E-state index in [0.29, 0.717) is 6.42 Å². The van der Waals surface area contributed by atoms with Gasteiger partial charge in [0.05, 0.1) is 17.4 Å². The molecular weight excluding hydrogens is 336 g/mol. The molecule has 0 aliphatic carbocycles. The Hall–Kier alpha value is -2.36.